The Labute approximate surface area is 163 Å². The average molecular weight is 380 g/mol. The van der Waals surface area contributed by atoms with E-state index in [-0.39, 0.29) is 22.9 Å². The van der Waals surface area contributed by atoms with E-state index in [4.69, 9.17) is 0 Å². The highest BCUT2D eigenvalue weighted by atomic mass is 16.2. The highest BCUT2D eigenvalue weighted by Crippen LogP contribution is 2.22. The summed E-state index contributed by atoms with van der Waals surface area (Å²) < 4.78 is 1.61. The normalized spacial score (nSPS) is 19.3. The van der Waals surface area contributed by atoms with Gasteiger partial charge in [-0.15, -0.1) is 0 Å². The SMILES string of the molecule is Cc1cc(=O)c(C(=O)N2CCCC(C(=O)NC3CC3)C2)nn1-c1ccccc1. The molecule has 28 heavy (non-hydrogen) atoms. The number of piperidine rings is 1. The van der Waals surface area contributed by atoms with Gasteiger partial charge in [0.2, 0.25) is 11.3 Å². The predicted molar refractivity (Wildman–Crippen MR) is 104 cm³/mol. The van der Waals surface area contributed by atoms with Crippen molar-refractivity contribution in [3.05, 3.63) is 58.0 Å². The van der Waals surface area contributed by atoms with E-state index in [0.29, 0.717) is 24.8 Å². The molecule has 7 nitrogen and oxygen atoms in total. The van der Waals surface area contributed by atoms with Crippen LogP contribution >= 0.6 is 0 Å². The van der Waals surface area contributed by atoms with E-state index in [2.05, 4.69) is 10.4 Å². The van der Waals surface area contributed by atoms with Crippen LogP contribution in [0.15, 0.2) is 41.2 Å². The van der Waals surface area contributed by atoms with Gasteiger partial charge in [0, 0.05) is 30.9 Å². The van der Waals surface area contributed by atoms with Crippen molar-refractivity contribution in [3.8, 4) is 5.69 Å². The van der Waals surface area contributed by atoms with Crippen molar-refractivity contribution >= 4 is 11.8 Å². The molecule has 1 aromatic carbocycles. The molecule has 146 valence electrons. The van der Waals surface area contributed by atoms with Gasteiger partial charge in [0.1, 0.15) is 0 Å². The van der Waals surface area contributed by atoms with Gasteiger partial charge >= 0.3 is 0 Å². The lowest BCUT2D eigenvalue weighted by atomic mass is 9.96. The van der Waals surface area contributed by atoms with Crippen LogP contribution in [0.4, 0.5) is 0 Å². The van der Waals surface area contributed by atoms with Crippen LogP contribution in [0.5, 0.6) is 0 Å². The number of aromatic nitrogens is 2. The minimum absolute atomic E-state index is 0.0126. The maximum Gasteiger partial charge on any atom is 0.278 e. The lowest BCUT2D eigenvalue weighted by Gasteiger charge is -2.31. The highest BCUT2D eigenvalue weighted by molar-refractivity contribution is 5.92. The number of amides is 2. The molecule has 4 rings (SSSR count). The molecule has 2 amide bonds. The summed E-state index contributed by atoms with van der Waals surface area (Å²) in [7, 11) is 0. The van der Waals surface area contributed by atoms with Crippen molar-refractivity contribution in [2.45, 2.75) is 38.6 Å². The van der Waals surface area contributed by atoms with E-state index < -0.39 is 5.91 Å². The third kappa shape index (κ3) is 3.83. The molecule has 7 heteroatoms. The quantitative estimate of drug-likeness (QED) is 0.875. The number of carbonyl (C=O) groups is 2. The molecule has 2 aromatic rings. The Balaban J connectivity index is 1.57. The highest BCUT2D eigenvalue weighted by Gasteiger charge is 2.33. The lowest BCUT2D eigenvalue weighted by Crippen LogP contribution is -2.47. The first-order valence-corrected chi connectivity index (χ1v) is 9.79. The molecule has 1 aliphatic carbocycles. The second-order valence-corrected chi connectivity index (χ2v) is 7.62. The summed E-state index contributed by atoms with van der Waals surface area (Å²) in [4.78, 5) is 39.5. The number of benzene rings is 1. The van der Waals surface area contributed by atoms with Crippen LogP contribution in [0.1, 0.15) is 41.9 Å². The second kappa shape index (κ2) is 7.58. The van der Waals surface area contributed by atoms with E-state index >= 15 is 0 Å². The summed E-state index contributed by atoms with van der Waals surface area (Å²) in [6.45, 7) is 2.65. The Bertz CT molecular complexity index is 950. The fourth-order valence-electron chi connectivity index (χ4n) is 3.60. The molecule has 2 fully saturated rings. The first kappa shape index (κ1) is 18.4. The molecule has 0 radical (unpaired) electrons. The topological polar surface area (TPSA) is 84.3 Å². The van der Waals surface area contributed by atoms with Gasteiger partial charge in [-0.05, 0) is 44.7 Å². The first-order valence-electron chi connectivity index (χ1n) is 9.79. The molecule has 1 saturated heterocycles. The van der Waals surface area contributed by atoms with E-state index in [0.717, 1.165) is 31.4 Å². The third-order valence-corrected chi connectivity index (χ3v) is 5.31. The van der Waals surface area contributed by atoms with Gasteiger partial charge in [-0.3, -0.25) is 14.4 Å². The number of likely N-dealkylation sites (tertiary alicyclic amines) is 1. The Kier molecular flexibility index (Phi) is 4.98. The molecule has 0 spiro atoms. The van der Waals surface area contributed by atoms with Crippen LogP contribution in [0, 0.1) is 12.8 Å². The molecule has 1 atom stereocenters. The van der Waals surface area contributed by atoms with Crippen molar-refractivity contribution in [3.63, 3.8) is 0 Å². The number of aryl methyl sites for hydroxylation is 1. The van der Waals surface area contributed by atoms with Gasteiger partial charge in [0.05, 0.1) is 11.6 Å². The van der Waals surface area contributed by atoms with Crippen LogP contribution < -0.4 is 10.7 Å². The van der Waals surface area contributed by atoms with Gasteiger partial charge in [-0.1, -0.05) is 18.2 Å². The lowest BCUT2D eigenvalue weighted by molar-refractivity contribution is -0.126. The molecule has 2 aliphatic rings. The number of nitrogens with one attached hydrogen (secondary N) is 1. The van der Waals surface area contributed by atoms with Crippen LogP contribution in [-0.4, -0.2) is 45.6 Å². The zero-order valence-electron chi connectivity index (χ0n) is 15.9. The number of hydrogen-bond acceptors (Lipinski definition) is 4. The monoisotopic (exact) mass is 380 g/mol. The van der Waals surface area contributed by atoms with Crippen LogP contribution in [-0.2, 0) is 4.79 Å². The predicted octanol–water partition coefficient (Wildman–Crippen LogP) is 1.67. The van der Waals surface area contributed by atoms with Crippen molar-refractivity contribution < 1.29 is 9.59 Å². The van der Waals surface area contributed by atoms with E-state index in [1.807, 2.05) is 30.3 Å². The number of para-hydroxylation sites is 1. The molecule has 1 saturated carbocycles. The summed E-state index contributed by atoms with van der Waals surface area (Å²) >= 11 is 0. The summed E-state index contributed by atoms with van der Waals surface area (Å²) in [5.74, 6) is -0.614. The number of nitrogens with zero attached hydrogens (tertiary/aromatic N) is 3. The molecule has 2 heterocycles. The average Bonchev–Trinajstić information content (AvgIpc) is 3.52. The Morgan fingerprint density at radius 3 is 2.61 bits per heavy atom. The third-order valence-electron chi connectivity index (χ3n) is 5.31. The molecule has 1 N–H and O–H groups in total. The Hall–Kier alpha value is -2.96. The minimum Gasteiger partial charge on any atom is -0.353 e. The van der Waals surface area contributed by atoms with Gasteiger partial charge in [0.25, 0.3) is 5.91 Å². The van der Waals surface area contributed by atoms with Crippen LogP contribution in [0.2, 0.25) is 0 Å². The van der Waals surface area contributed by atoms with Crippen molar-refractivity contribution in [1.82, 2.24) is 20.0 Å². The number of rotatable bonds is 4. The molecule has 0 bridgehead atoms. The van der Waals surface area contributed by atoms with Crippen LogP contribution in [0.25, 0.3) is 5.69 Å². The maximum absolute atomic E-state index is 13.0. The fraction of sp³-hybridized carbons (Fsp3) is 0.429. The second-order valence-electron chi connectivity index (χ2n) is 7.62. The summed E-state index contributed by atoms with van der Waals surface area (Å²) in [5, 5.41) is 7.37. The fourth-order valence-corrected chi connectivity index (χ4v) is 3.60. The molecular formula is C21H24N4O3. The van der Waals surface area contributed by atoms with Gasteiger partial charge in [-0.25, -0.2) is 4.68 Å². The minimum atomic E-state index is -0.404. The molecule has 1 aromatic heterocycles. The molecule has 1 aliphatic heterocycles. The Morgan fingerprint density at radius 2 is 1.89 bits per heavy atom. The number of hydrogen-bond donors (Lipinski definition) is 1. The van der Waals surface area contributed by atoms with E-state index in [1.54, 1.807) is 16.5 Å². The van der Waals surface area contributed by atoms with Crippen LogP contribution in [0.3, 0.4) is 0 Å². The van der Waals surface area contributed by atoms with Gasteiger partial charge < -0.3 is 10.2 Å². The van der Waals surface area contributed by atoms with Crippen molar-refractivity contribution in [2.75, 3.05) is 13.1 Å². The molecule has 1 unspecified atom stereocenters. The smallest absolute Gasteiger partial charge is 0.278 e. The van der Waals surface area contributed by atoms with Crippen molar-refractivity contribution in [2.24, 2.45) is 5.92 Å². The van der Waals surface area contributed by atoms with Gasteiger partial charge in [-0.2, -0.15) is 5.10 Å². The van der Waals surface area contributed by atoms with E-state index in [1.165, 1.54) is 6.07 Å². The molecular weight excluding hydrogens is 356 g/mol. The summed E-state index contributed by atoms with van der Waals surface area (Å²) in [6, 6.07) is 11.1. The summed E-state index contributed by atoms with van der Waals surface area (Å²) in [6.07, 6.45) is 3.58. The van der Waals surface area contributed by atoms with Gasteiger partial charge in [0.15, 0.2) is 5.69 Å². The Morgan fingerprint density at radius 1 is 1.14 bits per heavy atom. The zero-order valence-corrected chi connectivity index (χ0v) is 15.9. The standard InChI is InChI=1S/C21H24N4O3/c1-14-12-18(26)19(23-25(14)17-7-3-2-4-8-17)21(28)24-11-5-6-15(13-24)20(27)22-16-9-10-16/h2-4,7-8,12,15-16H,5-6,9-11,13H2,1H3,(H,22,27). The maximum atomic E-state index is 13.0. The number of carbonyl (C=O) groups excluding carboxylic acids is 2. The summed E-state index contributed by atoms with van der Waals surface area (Å²) in [5.41, 5.74) is 0.958. The first-order chi connectivity index (χ1) is 13.5. The van der Waals surface area contributed by atoms with E-state index in [9.17, 15) is 14.4 Å². The largest absolute Gasteiger partial charge is 0.353 e. The zero-order chi connectivity index (χ0) is 19.7. The van der Waals surface area contributed by atoms with Crippen molar-refractivity contribution in [1.29, 1.82) is 0 Å².